The van der Waals surface area contributed by atoms with Gasteiger partial charge in [0.2, 0.25) is 0 Å². The van der Waals surface area contributed by atoms with Crippen LogP contribution in [-0.2, 0) is 12.8 Å². The van der Waals surface area contributed by atoms with Crippen molar-refractivity contribution in [3.05, 3.63) is 35.0 Å². The van der Waals surface area contributed by atoms with Gasteiger partial charge in [-0.15, -0.1) is 0 Å². The van der Waals surface area contributed by atoms with Crippen LogP contribution in [0.4, 0.5) is 5.82 Å². The highest BCUT2D eigenvalue weighted by atomic mass is 15.3. The number of anilines is 1. The zero-order valence-electron chi connectivity index (χ0n) is 12.7. The van der Waals surface area contributed by atoms with Gasteiger partial charge in [-0.05, 0) is 45.6 Å². The van der Waals surface area contributed by atoms with Gasteiger partial charge in [0, 0.05) is 30.0 Å². The maximum Gasteiger partial charge on any atom is 0.135 e. The largest absolute Gasteiger partial charge is 0.354 e. The molecule has 1 aliphatic heterocycles. The minimum absolute atomic E-state index is 0.464. The molecule has 3 heterocycles. The Balaban J connectivity index is 1.60. The van der Waals surface area contributed by atoms with Crippen molar-refractivity contribution in [2.45, 2.75) is 45.6 Å². The molecule has 2 aromatic rings. The summed E-state index contributed by atoms with van der Waals surface area (Å²) >= 11 is 0. The van der Waals surface area contributed by atoms with E-state index in [9.17, 15) is 0 Å². The lowest BCUT2D eigenvalue weighted by atomic mass is 10.2. The Hall–Kier alpha value is -1.91. The molecule has 1 atom stereocenters. The maximum atomic E-state index is 4.65. The van der Waals surface area contributed by atoms with E-state index >= 15 is 0 Å². The Morgan fingerprint density at radius 3 is 2.90 bits per heavy atom. The van der Waals surface area contributed by atoms with Gasteiger partial charge in [0.1, 0.15) is 12.1 Å². The number of nitrogens with zero attached hydrogens (tertiary/aromatic N) is 5. The van der Waals surface area contributed by atoms with E-state index in [1.165, 1.54) is 29.2 Å². The van der Waals surface area contributed by atoms with Gasteiger partial charge in [-0.2, -0.15) is 5.10 Å². The van der Waals surface area contributed by atoms with E-state index in [0.29, 0.717) is 6.04 Å². The first-order valence-electron chi connectivity index (χ1n) is 7.83. The second-order valence-corrected chi connectivity index (χ2v) is 6.24. The van der Waals surface area contributed by atoms with Crippen molar-refractivity contribution in [2.75, 3.05) is 18.0 Å². The smallest absolute Gasteiger partial charge is 0.135 e. The van der Waals surface area contributed by atoms with Crippen LogP contribution in [0, 0.1) is 13.8 Å². The average Bonchev–Trinajstić information content (AvgIpc) is 3.17. The SMILES string of the molecule is Cc1cc(C)n([C@H]2CCN(c3ncnc4c3CCC4)C2)n1. The fraction of sp³-hybridized carbons (Fsp3) is 0.562. The lowest BCUT2D eigenvalue weighted by Gasteiger charge is -2.20. The lowest BCUT2D eigenvalue weighted by Crippen LogP contribution is -2.24. The molecule has 0 radical (unpaired) electrons. The first kappa shape index (κ1) is 12.8. The molecule has 5 heteroatoms. The molecule has 1 aliphatic carbocycles. The van der Waals surface area contributed by atoms with Gasteiger partial charge in [0.05, 0.1) is 11.7 Å². The highest BCUT2D eigenvalue weighted by molar-refractivity contribution is 5.51. The van der Waals surface area contributed by atoms with Gasteiger partial charge >= 0.3 is 0 Å². The van der Waals surface area contributed by atoms with E-state index in [0.717, 1.165) is 38.0 Å². The molecular formula is C16H21N5. The fourth-order valence-corrected chi connectivity index (χ4v) is 3.76. The molecule has 21 heavy (non-hydrogen) atoms. The molecule has 0 amide bonds. The Labute approximate surface area is 125 Å². The topological polar surface area (TPSA) is 46.8 Å². The van der Waals surface area contributed by atoms with Crippen LogP contribution in [0.5, 0.6) is 0 Å². The molecule has 0 bridgehead atoms. The zero-order chi connectivity index (χ0) is 14.4. The van der Waals surface area contributed by atoms with Gasteiger partial charge in [0.25, 0.3) is 0 Å². The number of rotatable bonds is 2. The number of fused-ring (bicyclic) bond motifs is 1. The van der Waals surface area contributed by atoms with Crippen LogP contribution < -0.4 is 4.90 Å². The number of hydrogen-bond acceptors (Lipinski definition) is 4. The zero-order valence-corrected chi connectivity index (χ0v) is 12.7. The Morgan fingerprint density at radius 2 is 2.10 bits per heavy atom. The van der Waals surface area contributed by atoms with Gasteiger partial charge in [-0.1, -0.05) is 0 Å². The summed E-state index contributed by atoms with van der Waals surface area (Å²) in [6, 6.07) is 2.62. The number of aromatic nitrogens is 4. The lowest BCUT2D eigenvalue weighted by molar-refractivity contribution is 0.481. The van der Waals surface area contributed by atoms with E-state index in [4.69, 9.17) is 0 Å². The predicted molar refractivity (Wildman–Crippen MR) is 81.6 cm³/mol. The Kier molecular flexibility index (Phi) is 2.94. The third-order valence-corrected chi connectivity index (χ3v) is 4.71. The number of aryl methyl sites for hydroxylation is 3. The molecule has 0 spiro atoms. The van der Waals surface area contributed by atoms with Crippen molar-refractivity contribution in [1.82, 2.24) is 19.7 Å². The summed E-state index contributed by atoms with van der Waals surface area (Å²) in [5.74, 6) is 1.17. The molecule has 0 N–H and O–H groups in total. The normalized spacial score (nSPS) is 21.0. The van der Waals surface area contributed by atoms with Gasteiger partial charge in [-0.25, -0.2) is 9.97 Å². The van der Waals surface area contributed by atoms with Crippen LogP contribution >= 0.6 is 0 Å². The van der Waals surface area contributed by atoms with Gasteiger partial charge in [-0.3, -0.25) is 4.68 Å². The van der Waals surface area contributed by atoms with Crippen molar-refractivity contribution in [2.24, 2.45) is 0 Å². The first-order valence-corrected chi connectivity index (χ1v) is 7.83. The highest BCUT2D eigenvalue weighted by Gasteiger charge is 2.29. The van der Waals surface area contributed by atoms with Crippen LogP contribution in [0.3, 0.4) is 0 Å². The third kappa shape index (κ3) is 2.11. The van der Waals surface area contributed by atoms with E-state index in [-0.39, 0.29) is 0 Å². The van der Waals surface area contributed by atoms with Crippen LogP contribution in [-0.4, -0.2) is 32.8 Å². The maximum absolute atomic E-state index is 4.65. The average molecular weight is 283 g/mol. The molecule has 0 unspecified atom stereocenters. The van der Waals surface area contributed by atoms with Gasteiger partial charge in [0.15, 0.2) is 0 Å². The molecule has 0 saturated carbocycles. The quantitative estimate of drug-likeness (QED) is 0.848. The molecule has 5 nitrogen and oxygen atoms in total. The summed E-state index contributed by atoms with van der Waals surface area (Å²) in [6.45, 7) is 6.27. The van der Waals surface area contributed by atoms with Crippen molar-refractivity contribution >= 4 is 5.82 Å². The highest BCUT2D eigenvalue weighted by Crippen LogP contribution is 2.32. The van der Waals surface area contributed by atoms with Crippen molar-refractivity contribution in [1.29, 1.82) is 0 Å². The number of hydrogen-bond donors (Lipinski definition) is 0. The molecular weight excluding hydrogens is 262 g/mol. The second kappa shape index (κ2) is 4.83. The summed E-state index contributed by atoms with van der Waals surface area (Å²) in [5.41, 5.74) is 5.00. The van der Waals surface area contributed by atoms with E-state index < -0.39 is 0 Å². The molecule has 110 valence electrons. The molecule has 2 aliphatic rings. The first-order chi connectivity index (χ1) is 10.2. The Bertz CT molecular complexity index is 675. The Morgan fingerprint density at radius 1 is 1.19 bits per heavy atom. The standard InChI is InChI=1S/C16H21N5/c1-11-8-12(2)21(19-11)13-6-7-20(9-13)16-14-4-3-5-15(14)17-10-18-16/h8,10,13H,3-7,9H2,1-2H3/t13-/m0/s1. The van der Waals surface area contributed by atoms with E-state index in [1.807, 2.05) is 0 Å². The van der Waals surface area contributed by atoms with Crippen LogP contribution in [0.15, 0.2) is 12.4 Å². The summed E-state index contributed by atoms with van der Waals surface area (Å²) in [5, 5.41) is 4.65. The minimum Gasteiger partial charge on any atom is -0.354 e. The third-order valence-electron chi connectivity index (χ3n) is 4.71. The van der Waals surface area contributed by atoms with Crippen LogP contribution in [0.2, 0.25) is 0 Å². The predicted octanol–water partition coefficient (Wildman–Crippen LogP) is 2.23. The van der Waals surface area contributed by atoms with Crippen molar-refractivity contribution in [3.63, 3.8) is 0 Å². The van der Waals surface area contributed by atoms with Gasteiger partial charge < -0.3 is 4.90 Å². The summed E-state index contributed by atoms with van der Waals surface area (Å²) < 4.78 is 2.19. The monoisotopic (exact) mass is 283 g/mol. The van der Waals surface area contributed by atoms with E-state index in [1.54, 1.807) is 6.33 Å². The fourth-order valence-electron chi connectivity index (χ4n) is 3.76. The van der Waals surface area contributed by atoms with Crippen LogP contribution in [0.1, 0.15) is 41.5 Å². The molecule has 2 aromatic heterocycles. The molecule has 1 saturated heterocycles. The molecule has 1 fully saturated rings. The minimum atomic E-state index is 0.464. The van der Waals surface area contributed by atoms with Crippen molar-refractivity contribution in [3.8, 4) is 0 Å². The summed E-state index contributed by atoms with van der Waals surface area (Å²) in [4.78, 5) is 11.4. The molecule has 4 rings (SSSR count). The van der Waals surface area contributed by atoms with Crippen molar-refractivity contribution < 1.29 is 0 Å². The van der Waals surface area contributed by atoms with Crippen LogP contribution in [0.25, 0.3) is 0 Å². The van der Waals surface area contributed by atoms with E-state index in [2.05, 4.69) is 44.6 Å². The molecule has 0 aromatic carbocycles. The second-order valence-electron chi connectivity index (χ2n) is 6.24. The summed E-state index contributed by atoms with van der Waals surface area (Å²) in [6.07, 6.45) is 6.33. The summed E-state index contributed by atoms with van der Waals surface area (Å²) in [7, 11) is 0.